The molecule has 1 aromatic carbocycles. The van der Waals surface area contributed by atoms with Crippen LogP contribution < -0.4 is 4.87 Å². The number of carbonyl (C=O) groups excluding carboxylic acids is 1. The molecular weight excluding hydrogens is 483 g/mol. The molecule has 0 aliphatic rings. The van der Waals surface area contributed by atoms with Crippen LogP contribution in [-0.2, 0) is 16.0 Å². The Hall–Kier alpha value is -0.361. The van der Waals surface area contributed by atoms with Crippen LogP contribution in [0.2, 0.25) is 0 Å². The summed E-state index contributed by atoms with van der Waals surface area (Å²) in [4.78, 5) is 17.9. The van der Waals surface area contributed by atoms with E-state index in [0.29, 0.717) is 17.4 Å². The average Bonchev–Trinajstić information content (AvgIpc) is 2.91. The van der Waals surface area contributed by atoms with Crippen molar-refractivity contribution in [1.29, 1.82) is 0 Å². The number of hydrogen-bond donors (Lipinski definition) is 0. The molecule has 0 N–H and O–H groups in total. The van der Waals surface area contributed by atoms with Gasteiger partial charge in [0, 0.05) is 46.9 Å². The van der Waals surface area contributed by atoms with Crippen LogP contribution in [0.3, 0.4) is 0 Å². The summed E-state index contributed by atoms with van der Waals surface area (Å²) in [5.74, 6) is 0.408. The number of rotatable bonds is 7. The van der Waals surface area contributed by atoms with Crippen molar-refractivity contribution in [1.82, 2.24) is 0 Å². The van der Waals surface area contributed by atoms with Crippen LogP contribution >= 0.6 is 11.3 Å². The summed E-state index contributed by atoms with van der Waals surface area (Å²) in [5.41, 5.74) is 1.56. The standard InChI is InChI=1S/C18H22NO3S.Yb/c1-13(2)7-6-10-21-17(20)11-15-8-4-5-9-16(15)19-18-22-12-14(3)23-18;/h4-5,8-9,13H,6-7,10-11H2,1-3H3;/q-1;. The molecule has 0 saturated carbocycles. The topological polar surface area (TPSA) is 51.8 Å². The third-order valence-corrected chi connectivity index (χ3v) is 3.99. The molecule has 2 aromatic rings. The second-order valence-electron chi connectivity index (χ2n) is 5.80. The van der Waals surface area contributed by atoms with Gasteiger partial charge in [0.2, 0.25) is 0 Å². The molecule has 1 aromatic heterocycles. The van der Waals surface area contributed by atoms with Gasteiger partial charge in [-0.2, -0.15) is 0 Å². The van der Waals surface area contributed by atoms with Gasteiger partial charge in [0.25, 0.3) is 0 Å². The van der Waals surface area contributed by atoms with E-state index in [1.54, 1.807) is 0 Å². The molecule has 0 fully saturated rings. The molecule has 138 valence electrons. The Balaban J connectivity index is 0.00000288. The Labute approximate surface area is 185 Å². The fourth-order valence-corrected chi connectivity index (χ4v) is 2.66. The van der Waals surface area contributed by atoms with E-state index in [1.807, 2.05) is 31.2 Å². The first kappa shape index (κ1) is 21.7. The summed E-state index contributed by atoms with van der Waals surface area (Å²) in [6.45, 7) is 6.71. The van der Waals surface area contributed by atoms with Crippen molar-refractivity contribution < 1.29 is 60.9 Å². The van der Waals surface area contributed by atoms with Crippen molar-refractivity contribution in [2.75, 3.05) is 6.61 Å². The second-order valence-corrected chi connectivity index (χ2v) is 6.97. The molecule has 4 nitrogen and oxygen atoms in total. The molecule has 0 unspecified atom stereocenters. The molecule has 6 heteroatoms. The van der Waals surface area contributed by atoms with Gasteiger partial charge < -0.3 is 9.15 Å². The number of hydrogen-bond acceptors (Lipinski definition) is 5. The fourth-order valence-electron chi connectivity index (χ4n) is 2.09. The predicted molar refractivity (Wildman–Crippen MR) is 90.6 cm³/mol. The number of carbonyl (C=O) groups is 1. The summed E-state index contributed by atoms with van der Waals surface area (Å²) >= 11 is 1.42. The molecule has 0 radical (unpaired) electrons. The van der Waals surface area contributed by atoms with Crippen LogP contribution in [0.25, 0.3) is 0 Å². The molecule has 0 amide bonds. The largest absolute Gasteiger partial charge is 0.621 e. The number of benzene rings is 1. The van der Waals surface area contributed by atoms with E-state index in [0.717, 1.165) is 29.0 Å². The molecule has 0 aliphatic heterocycles. The quantitative estimate of drug-likeness (QED) is 0.322. The van der Waals surface area contributed by atoms with Gasteiger partial charge in [-0.1, -0.05) is 43.2 Å². The maximum Gasteiger partial charge on any atom is 0.310 e. The minimum Gasteiger partial charge on any atom is -0.621 e. The van der Waals surface area contributed by atoms with Crippen LogP contribution in [0.4, 0.5) is 5.69 Å². The predicted octanol–water partition coefficient (Wildman–Crippen LogP) is 4.20. The van der Waals surface area contributed by atoms with Crippen molar-refractivity contribution in [2.45, 2.75) is 40.0 Å². The average molecular weight is 505 g/mol. The number of esters is 1. The summed E-state index contributed by atoms with van der Waals surface area (Å²) in [7, 11) is 0. The minimum atomic E-state index is -0.220. The normalized spacial score (nSPS) is 11.4. The van der Waals surface area contributed by atoms with E-state index in [4.69, 9.17) is 9.15 Å². The first-order valence-electron chi connectivity index (χ1n) is 7.81. The number of aryl methyl sites for hydroxylation is 1. The molecule has 0 aliphatic carbocycles. The summed E-state index contributed by atoms with van der Waals surface area (Å²) in [5, 5.41) is 0. The van der Waals surface area contributed by atoms with E-state index >= 15 is 0 Å². The Bertz CT molecular complexity index is 706. The van der Waals surface area contributed by atoms with Gasteiger partial charge in [0.1, 0.15) is 4.87 Å². The van der Waals surface area contributed by atoms with Crippen molar-refractivity contribution in [2.24, 2.45) is 10.9 Å². The maximum absolute atomic E-state index is 12.0. The van der Waals surface area contributed by atoms with Crippen LogP contribution in [0, 0.1) is 66.0 Å². The summed E-state index contributed by atoms with van der Waals surface area (Å²) in [6, 6.07) is 7.54. The SMILES string of the molecule is Cc1[c-]oc(=Nc2ccccc2CC(=O)OCCCC(C)C)s1.[Yb]. The van der Waals surface area contributed by atoms with Gasteiger partial charge in [-0.15, -0.1) is 0 Å². The van der Waals surface area contributed by atoms with Crippen LogP contribution in [0.1, 0.15) is 37.1 Å². The molecule has 0 spiro atoms. The minimum absolute atomic E-state index is 0. The summed E-state index contributed by atoms with van der Waals surface area (Å²) in [6.07, 6.45) is 4.93. The third kappa shape index (κ3) is 7.68. The number of ether oxygens (including phenoxy) is 1. The number of nitrogens with zero attached hydrogens (tertiary/aromatic N) is 1. The van der Waals surface area contributed by atoms with Crippen molar-refractivity contribution in [3.8, 4) is 0 Å². The zero-order valence-electron chi connectivity index (χ0n) is 14.1. The van der Waals surface area contributed by atoms with Crippen molar-refractivity contribution in [3.05, 3.63) is 45.8 Å². The first-order valence-corrected chi connectivity index (χ1v) is 8.62. The zero-order chi connectivity index (χ0) is 16.7. The van der Waals surface area contributed by atoms with Crippen LogP contribution in [0.15, 0.2) is 33.7 Å². The Morgan fingerprint density at radius 1 is 1.38 bits per heavy atom. The second kappa shape index (κ2) is 11.3. The molecule has 2 rings (SSSR count). The third-order valence-electron chi connectivity index (χ3n) is 3.25. The van der Waals surface area contributed by atoms with Gasteiger partial charge in [-0.05, 0) is 37.3 Å². The van der Waals surface area contributed by atoms with Gasteiger partial charge in [-0.25, -0.2) is 11.3 Å². The van der Waals surface area contributed by atoms with E-state index in [-0.39, 0.29) is 59.3 Å². The van der Waals surface area contributed by atoms with Gasteiger partial charge in [0.05, 0.1) is 18.7 Å². The van der Waals surface area contributed by atoms with Gasteiger partial charge in [0.15, 0.2) is 0 Å². The molecule has 24 heavy (non-hydrogen) atoms. The van der Waals surface area contributed by atoms with Gasteiger partial charge in [-0.3, -0.25) is 9.79 Å². The molecule has 0 saturated heterocycles. The number of para-hydroxylation sites is 1. The van der Waals surface area contributed by atoms with E-state index in [1.165, 1.54) is 11.3 Å². The smallest absolute Gasteiger partial charge is 0.310 e. The first-order chi connectivity index (χ1) is 11.0. The molecule has 0 atom stereocenters. The molecular formula is C18H22NO3SYb-. The van der Waals surface area contributed by atoms with Gasteiger partial charge >= 0.3 is 5.97 Å². The zero-order valence-corrected chi connectivity index (χ0v) is 16.6. The molecule has 0 bridgehead atoms. The van der Waals surface area contributed by atoms with Crippen LogP contribution in [-0.4, -0.2) is 12.6 Å². The maximum atomic E-state index is 12.0. The fraction of sp³-hybridized carbons (Fsp3) is 0.444. The van der Waals surface area contributed by atoms with E-state index in [2.05, 4.69) is 25.1 Å². The van der Waals surface area contributed by atoms with Crippen molar-refractivity contribution in [3.63, 3.8) is 0 Å². The Morgan fingerprint density at radius 2 is 2.12 bits per heavy atom. The monoisotopic (exact) mass is 506 g/mol. The Morgan fingerprint density at radius 3 is 2.79 bits per heavy atom. The van der Waals surface area contributed by atoms with E-state index in [9.17, 15) is 4.79 Å². The van der Waals surface area contributed by atoms with E-state index < -0.39 is 0 Å². The van der Waals surface area contributed by atoms with Crippen LogP contribution in [0.5, 0.6) is 0 Å². The Kier molecular flexibility index (Phi) is 10.2. The molecule has 1 heterocycles. The van der Waals surface area contributed by atoms with Crippen molar-refractivity contribution >= 4 is 23.0 Å². The summed E-state index contributed by atoms with van der Waals surface area (Å²) < 4.78 is 10.5.